The zero-order valence-electron chi connectivity index (χ0n) is 10.5. The number of piperazine rings is 1. The molecule has 1 aromatic rings. The highest BCUT2D eigenvalue weighted by atomic mass is 19.2. The highest BCUT2D eigenvalue weighted by Crippen LogP contribution is 2.24. The van der Waals surface area contributed by atoms with Gasteiger partial charge in [0.1, 0.15) is 0 Å². The Labute approximate surface area is 105 Å². The summed E-state index contributed by atoms with van der Waals surface area (Å²) in [6.45, 7) is 6.40. The van der Waals surface area contributed by atoms with Crippen LogP contribution >= 0.6 is 0 Å². The van der Waals surface area contributed by atoms with Crippen molar-refractivity contribution in [2.45, 2.75) is 25.9 Å². The van der Waals surface area contributed by atoms with Crippen LogP contribution < -0.4 is 5.32 Å². The Balaban J connectivity index is 2.20. The van der Waals surface area contributed by atoms with Gasteiger partial charge in [-0.15, -0.1) is 0 Å². The molecule has 1 aliphatic rings. The fourth-order valence-electron chi connectivity index (χ4n) is 2.34. The van der Waals surface area contributed by atoms with Gasteiger partial charge in [0.2, 0.25) is 0 Å². The average Bonchev–Trinajstić information content (AvgIpc) is 2.34. The van der Waals surface area contributed by atoms with Crippen molar-refractivity contribution >= 4 is 0 Å². The highest BCUT2D eigenvalue weighted by Gasteiger charge is 2.23. The van der Waals surface area contributed by atoms with E-state index in [2.05, 4.69) is 17.1 Å². The summed E-state index contributed by atoms with van der Waals surface area (Å²) in [6, 6.07) is 2.38. The average molecular weight is 258 g/mol. The van der Waals surface area contributed by atoms with Crippen LogP contribution in [0.3, 0.4) is 0 Å². The van der Waals surface area contributed by atoms with Gasteiger partial charge in [0.25, 0.3) is 0 Å². The number of hydrogen-bond acceptors (Lipinski definition) is 2. The van der Waals surface area contributed by atoms with Gasteiger partial charge in [0.05, 0.1) is 0 Å². The van der Waals surface area contributed by atoms with E-state index in [0.29, 0.717) is 11.6 Å². The Morgan fingerprint density at radius 3 is 2.44 bits per heavy atom. The highest BCUT2D eigenvalue weighted by molar-refractivity contribution is 5.22. The predicted octanol–water partition coefficient (Wildman–Crippen LogP) is 2.46. The minimum Gasteiger partial charge on any atom is -0.312 e. The van der Waals surface area contributed by atoms with Crippen molar-refractivity contribution in [1.29, 1.82) is 0 Å². The molecular formula is C13H17F3N2. The summed E-state index contributed by atoms with van der Waals surface area (Å²) in [5, 5.41) is 3.30. The van der Waals surface area contributed by atoms with Gasteiger partial charge >= 0.3 is 0 Å². The molecule has 2 rings (SSSR count). The third-order valence-corrected chi connectivity index (χ3v) is 3.44. The number of rotatable bonds is 2. The molecule has 18 heavy (non-hydrogen) atoms. The quantitative estimate of drug-likeness (QED) is 0.820. The van der Waals surface area contributed by atoms with Gasteiger partial charge in [0, 0.05) is 31.7 Å². The zero-order chi connectivity index (χ0) is 13.3. The molecule has 0 aromatic heterocycles. The lowest BCUT2D eigenvalue weighted by atomic mass is 10.0. The van der Waals surface area contributed by atoms with Gasteiger partial charge in [0.15, 0.2) is 17.5 Å². The van der Waals surface area contributed by atoms with Gasteiger partial charge in [-0.25, -0.2) is 13.2 Å². The Kier molecular flexibility index (Phi) is 3.92. The molecule has 1 fully saturated rings. The van der Waals surface area contributed by atoms with E-state index in [1.807, 2.05) is 6.92 Å². The van der Waals surface area contributed by atoms with Gasteiger partial charge in [-0.1, -0.05) is 0 Å². The summed E-state index contributed by atoms with van der Waals surface area (Å²) in [5.74, 6) is -3.65. The van der Waals surface area contributed by atoms with E-state index in [4.69, 9.17) is 0 Å². The van der Waals surface area contributed by atoms with Crippen LogP contribution in [0.5, 0.6) is 0 Å². The van der Waals surface area contributed by atoms with Crippen molar-refractivity contribution in [3.05, 3.63) is 35.1 Å². The van der Waals surface area contributed by atoms with Crippen LogP contribution in [0.4, 0.5) is 13.2 Å². The Bertz CT molecular complexity index is 413. The van der Waals surface area contributed by atoms with Crippen LogP contribution in [-0.2, 0) is 0 Å². The molecule has 1 heterocycles. The Morgan fingerprint density at radius 1 is 1.28 bits per heavy atom. The second kappa shape index (κ2) is 5.28. The van der Waals surface area contributed by atoms with E-state index >= 15 is 0 Å². The molecule has 1 aliphatic heterocycles. The lowest BCUT2D eigenvalue weighted by Gasteiger charge is -2.36. The van der Waals surface area contributed by atoms with Crippen LogP contribution in [-0.4, -0.2) is 30.6 Å². The molecule has 100 valence electrons. The fourth-order valence-corrected chi connectivity index (χ4v) is 2.34. The van der Waals surface area contributed by atoms with E-state index < -0.39 is 17.5 Å². The van der Waals surface area contributed by atoms with Crippen LogP contribution in [0.2, 0.25) is 0 Å². The summed E-state index contributed by atoms with van der Waals surface area (Å²) < 4.78 is 39.3. The summed E-state index contributed by atoms with van der Waals surface area (Å²) in [6.07, 6.45) is 0. The summed E-state index contributed by atoms with van der Waals surface area (Å²) in [7, 11) is 0. The fraction of sp³-hybridized carbons (Fsp3) is 0.538. The molecule has 1 N–H and O–H groups in total. The predicted molar refractivity (Wildman–Crippen MR) is 63.8 cm³/mol. The van der Waals surface area contributed by atoms with Crippen molar-refractivity contribution in [3.8, 4) is 0 Å². The van der Waals surface area contributed by atoms with E-state index in [9.17, 15) is 13.2 Å². The summed E-state index contributed by atoms with van der Waals surface area (Å²) in [5.41, 5.74) is 0.473. The second-order valence-corrected chi connectivity index (χ2v) is 4.82. The monoisotopic (exact) mass is 258 g/mol. The molecule has 0 amide bonds. The first-order valence-corrected chi connectivity index (χ1v) is 6.11. The van der Waals surface area contributed by atoms with E-state index in [1.54, 1.807) is 0 Å². The number of halogens is 3. The molecule has 0 radical (unpaired) electrons. The first-order chi connectivity index (χ1) is 8.49. The molecule has 1 aromatic carbocycles. The minimum atomic E-state index is -1.40. The summed E-state index contributed by atoms with van der Waals surface area (Å²) >= 11 is 0. The Morgan fingerprint density at radius 2 is 1.89 bits per heavy atom. The van der Waals surface area contributed by atoms with E-state index in [0.717, 1.165) is 31.8 Å². The molecule has 0 aliphatic carbocycles. The largest absolute Gasteiger partial charge is 0.312 e. The van der Waals surface area contributed by atoms with Gasteiger partial charge in [-0.2, -0.15) is 0 Å². The number of nitrogens with zero attached hydrogens (tertiary/aromatic N) is 1. The zero-order valence-corrected chi connectivity index (χ0v) is 10.5. The molecule has 1 saturated heterocycles. The first-order valence-electron chi connectivity index (χ1n) is 6.11. The maximum absolute atomic E-state index is 13.2. The molecule has 2 atom stereocenters. The van der Waals surface area contributed by atoms with Gasteiger partial charge in [-0.3, -0.25) is 4.90 Å². The normalized spacial score (nSPS) is 23.1. The standard InChI is InChI=1S/C13H17F3N2/c1-8-7-18(4-3-17-8)9(2)10-5-11(14)13(16)12(15)6-10/h5-6,8-9,17H,3-4,7H2,1-2H3. The third kappa shape index (κ3) is 2.67. The number of benzene rings is 1. The van der Waals surface area contributed by atoms with Crippen LogP contribution in [0.1, 0.15) is 25.5 Å². The van der Waals surface area contributed by atoms with E-state index in [1.165, 1.54) is 0 Å². The van der Waals surface area contributed by atoms with E-state index in [-0.39, 0.29) is 6.04 Å². The lowest BCUT2D eigenvalue weighted by Crippen LogP contribution is -2.49. The number of hydrogen-bond donors (Lipinski definition) is 1. The van der Waals surface area contributed by atoms with Crippen molar-refractivity contribution in [2.24, 2.45) is 0 Å². The van der Waals surface area contributed by atoms with Crippen molar-refractivity contribution in [1.82, 2.24) is 10.2 Å². The topological polar surface area (TPSA) is 15.3 Å². The molecule has 5 heteroatoms. The number of nitrogens with one attached hydrogen (secondary N) is 1. The molecular weight excluding hydrogens is 241 g/mol. The first kappa shape index (κ1) is 13.4. The maximum Gasteiger partial charge on any atom is 0.194 e. The summed E-state index contributed by atoms with van der Waals surface area (Å²) in [4.78, 5) is 2.13. The molecule has 0 saturated carbocycles. The molecule has 0 spiro atoms. The van der Waals surface area contributed by atoms with Crippen molar-refractivity contribution in [3.63, 3.8) is 0 Å². The minimum absolute atomic E-state index is 0.126. The van der Waals surface area contributed by atoms with Crippen molar-refractivity contribution in [2.75, 3.05) is 19.6 Å². The van der Waals surface area contributed by atoms with Crippen molar-refractivity contribution < 1.29 is 13.2 Å². The smallest absolute Gasteiger partial charge is 0.194 e. The second-order valence-electron chi connectivity index (χ2n) is 4.82. The molecule has 0 bridgehead atoms. The van der Waals surface area contributed by atoms with Crippen LogP contribution in [0.25, 0.3) is 0 Å². The van der Waals surface area contributed by atoms with Gasteiger partial charge in [-0.05, 0) is 31.5 Å². The maximum atomic E-state index is 13.2. The lowest BCUT2D eigenvalue weighted by molar-refractivity contribution is 0.158. The van der Waals surface area contributed by atoms with Crippen LogP contribution in [0, 0.1) is 17.5 Å². The Hall–Kier alpha value is -1.07. The van der Waals surface area contributed by atoms with Crippen LogP contribution in [0.15, 0.2) is 12.1 Å². The molecule has 2 nitrogen and oxygen atoms in total. The SMILES string of the molecule is CC1CN(C(C)c2cc(F)c(F)c(F)c2)CCN1. The van der Waals surface area contributed by atoms with Gasteiger partial charge < -0.3 is 5.32 Å². The third-order valence-electron chi connectivity index (χ3n) is 3.44. The molecule has 2 unspecified atom stereocenters.